The van der Waals surface area contributed by atoms with Crippen molar-refractivity contribution >= 4 is 11.9 Å². The molecule has 0 spiro atoms. The molecular weight excluding hydrogens is 260 g/mol. The number of esters is 1. The summed E-state index contributed by atoms with van der Waals surface area (Å²) in [5, 5.41) is 12.2. The number of carbonyl (C=O) groups excluding carboxylic acids is 2. The molecule has 0 aromatic heterocycles. The number of hydrogen-bond donors (Lipinski definition) is 2. The molecule has 2 unspecified atom stereocenters. The number of methoxy groups -OCH3 is 1. The minimum atomic E-state index is -0.227. The maximum Gasteiger partial charge on any atom is 0.305 e. The number of amides is 1. The Kier molecular flexibility index (Phi) is 7.54. The molecule has 0 bridgehead atoms. The molecule has 1 amide bonds. The van der Waals surface area contributed by atoms with Crippen molar-refractivity contribution in [1.29, 1.82) is 0 Å². The van der Waals surface area contributed by atoms with Crippen molar-refractivity contribution < 1.29 is 19.4 Å². The summed E-state index contributed by atoms with van der Waals surface area (Å²) in [6.07, 6.45) is 2.38. The van der Waals surface area contributed by atoms with Gasteiger partial charge in [-0.15, -0.1) is 0 Å². The molecule has 1 aliphatic rings. The van der Waals surface area contributed by atoms with E-state index in [4.69, 9.17) is 9.84 Å². The molecule has 1 saturated heterocycles. The molecule has 0 saturated carbocycles. The molecule has 1 aliphatic heterocycles. The van der Waals surface area contributed by atoms with Crippen LogP contribution in [0, 0.1) is 5.92 Å². The highest BCUT2D eigenvalue weighted by Crippen LogP contribution is 2.21. The van der Waals surface area contributed by atoms with Gasteiger partial charge in [0, 0.05) is 32.2 Å². The van der Waals surface area contributed by atoms with Gasteiger partial charge in [0.25, 0.3) is 0 Å². The van der Waals surface area contributed by atoms with Crippen LogP contribution in [0.4, 0.5) is 0 Å². The first-order valence-electron chi connectivity index (χ1n) is 7.29. The van der Waals surface area contributed by atoms with Gasteiger partial charge in [0.15, 0.2) is 0 Å². The zero-order chi connectivity index (χ0) is 15.0. The van der Waals surface area contributed by atoms with Gasteiger partial charge in [0.05, 0.1) is 13.5 Å². The first-order valence-corrected chi connectivity index (χ1v) is 7.29. The van der Waals surface area contributed by atoms with Gasteiger partial charge in [-0.25, -0.2) is 0 Å². The molecule has 6 nitrogen and oxygen atoms in total. The third-order valence-corrected chi connectivity index (χ3v) is 3.64. The minimum absolute atomic E-state index is 0.119. The largest absolute Gasteiger partial charge is 0.469 e. The summed E-state index contributed by atoms with van der Waals surface area (Å²) in [5.41, 5.74) is 0. The number of rotatable bonds is 7. The number of aliphatic hydroxyl groups is 1. The summed E-state index contributed by atoms with van der Waals surface area (Å²) in [6, 6.07) is 0.181. The minimum Gasteiger partial charge on any atom is -0.469 e. The van der Waals surface area contributed by atoms with Gasteiger partial charge in [0.2, 0.25) is 5.91 Å². The lowest BCUT2D eigenvalue weighted by Gasteiger charge is -2.38. The first-order chi connectivity index (χ1) is 9.60. The molecule has 1 heterocycles. The molecule has 116 valence electrons. The van der Waals surface area contributed by atoms with Crippen LogP contribution in [-0.2, 0) is 14.3 Å². The maximum atomic E-state index is 11.9. The average Bonchev–Trinajstić information content (AvgIpc) is 2.46. The number of ether oxygens (including phenoxy) is 1. The number of nitrogens with zero attached hydrogens (tertiary/aromatic N) is 1. The van der Waals surface area contributed by atoms with Crippen LogP contribution in [-0.4, -0.2) is 61.3 Å². The zero-order valence-electron chi connectivity index (χ0n) is 12.4. The predicted molar refractivity (Wildman–Crippen MR) is 75.1 cm³/mol. The van der Waals surface area contributed by atoms with Crippen LogP contribution in [0.5, 0.6) is 0 Å². The van der Waals surface area contributed by atoms with E-state index in [-0.39, 0.29) is 30.4 Å². The predicted octanol–water partition coefficient (Wildman–Crippen LogP) is 0.149. The Labute approximate surface area is 120 Å². The van der Waals surface area contributed by atoms with Gasteiger partial charge in [-0.2, -0.15) is 0 Å². The van der Waals surface area contributed by atoms with E-state index in [1.54, 1.807) is 0 Å². The van der Waals surface area contributed by atoms with E-state index in [2.05, 4.69) is 5.32 Å². The Morgan fingerprint density at radius 2 is 2.15 bits per heavy atom. The molecule has 1 rings (SSSR count). The van der Waals surface area contributed by atoms with Crippen LogP contribution >= 0.6 is 0 Å². The van der Waals surface area contributed by atoms with Crippen LogP contribution in [0.15, 0.2) is 0 Å². The fourth-order valence-corrected chi connectivity index (χ4v) is 2.63. The van der Waals surface area contributed by atoms with Gasteiger partial charge in [-0.05, 0) is 25.3 Å². The molecule has 0 aliphatic carbocycles. The van der Waals surface area contributed by atoms with Gasteiger partial charge in [-0.3, -0.25) is 9.59 Å². The highest BCUT2D eigenvalue weighted by Gasteiger charge is 2.30. The van der Waals surface area contributed by atoms with E-state index in [0.29, 0.717) is 32.4 Å². The quantitative estimate of drug-likeness (QED) is 0.514. The Morgan fingerprint density at radius 3 is 2.75 bits per heavy atom. The molecule has 0 aromatic rings. The summed E-state index contributed by atoms with van der Waals surface area (Å²) in [7, 11) is 1.39. The topological polar surface area (TPSA) is 78.9 Å². The Balaban J connectivity index is 2.57. The fourth-order valence-electron chi connectivity index (χ4n) is 2.63. The number of nitrogens with one attached hydrogen (secondary N) is 1. The maximum absolute atomic E-state index is 11.9. The zero-order valence-corrected chi connectivity index (χ0v) is 12.4. The number of likely N-dealkylation sites (tertiary alicyclic amines) is 1. The summed E-state index contributed by atoms with van der Waals surface area (Å²) in [4.78, 5) is 25.1. The van der Waals surface area contributed by atoms with Crippen molar-refractivity contribution in [3.8, 4) is 0 Å². The number of carbonyl (C=O) groups is 2. The van der Waals surface area contributed by atoms with Crippen molar-refractivity contribution in [2.75, 3.05) is 33.4 Å². The van der Waals surface area contributed by atoms with E-state index in [0.717, 1.165) is 13.0 Å². The van der Waals surface area contributed by atoms with E-state index < -0.39 is 0 Å². The lowest BCUT2D eigenvalue weighted by molar-refractivity contribution is -0.143. The highest BCUT2D eigenvalue weighted by atomic mass is 16.5. The molecule has 2 atom stereocenters. The van der Waals surface area contributed by atoms with E-state index in [1.165, 1.54) is 7.11 Å². The van der Waals surface area contributed by atoms with Crippen LogP contribution in [0.1, 0.15) is 32.6 Å². The second-order valence-electron chi connectivity index (χ2n) is 5.26. The van der Waals surface area contributed by atoms with Crippen molar-refractivity contribution in [2.24, 2.45) is 5.92 Å². The fraction of sp³-hybridized carbons (Fsp3) is 0.857. The Morgan fingerprint density at radius 1 is 1.40 bits per heavy atom. The average molecular weight is 286 g/mol. The summed E-state index contributed by atoms with van der Waals surface area (Å²) in [6.45, 7) is 4.03. The molecule has 2 N–H and O–H groups in total. The van der Waals surface area contributed by atoms with E-state index in [9.17, 15) is 9.59 Å². The van der Waals surface area contributed by atoms with Gasteiger partial charge < -0.3 is 20.1 Å². The molecule has 20 heavy (non-hydrogen) atoms. The first kappa shape index (κ1) is 16.9. The molecule has 0 aromatic carbocycles. The lowest BCUT2D eigenvalue weighted by Crippen LogP contribution is -2.51. The standard InChI is InChI=1S/C14H26N2O4/c1-3-13(18)16-9-11(8-14(19)20-2)7-12(10-16)15-5-4-6-17/h11-12,15,17H,3-10H2,1-2H3. The van der Waals surface area contributed by atoms with Gasteiger partial charge in [0.1, 0.15) is 0 Å². The number of aliphatic hydroxyl groups excluding tert-OH is 1. The normalized spacial score (nSPS) is 22.6. The Hall–Kier alpha value is -1.14. The summed E-state index contributed by atoms with van der Waals surface area (Å²) < 4.78 is 4.71. The smallest absolute Gasteiger partial charge is 0.305 e. The summed E-state index contributed by atoms with van der Waals surface area (Å²) in [5.74, 6) is 0.0294. The Bertz CT molecular complexity index is 322. The molecule has 0 radical (unpaired) electrons. The highest BCUT2D eigenvalue weighted by molar-refractivity contribution is 5.76. The van der Waals surface area contributed by atoms with Gasteiger partial charge >= 0.3 is 5.97 Å². The van der Waals surface area contributed by atoms with Crippen LogP contribution in [0.3, 0.4) is 0 Å². The number of piperidine rings is 1. The monoisotopic (exact) mass is 286 g/mol. The van der Waals surface area contributed by atoms with Crippen molar-refractivity contribution in [3.63, 3.8) is 0 Å². The van der Waals surface area contributed by atoms with E-state index >= 15 is 0 Å². The van der Waals surface area contributed by atoms with Crippen molar-refractivity contribution in [3.05, 3.63) is 0 Å². The van der Waals surface area contributed by atoms with Crippen molar-refractivity contribution in [2.45, 2.75) is 38.6 Å². The molecular formula is C14H26N2O4. The second-order valence-corrected chi connectivity index (χ2v) is 5.26. The van der Waals surface area contributed by atoms with E-state index in [1.807, 2.05) is 11.8 Å². The summed E-state index contributed by atoms with van der Waals surface area (Å²) >= 11 is 0. The lowest BCUT2D eigenvalue weighted by atomic mass is 9.91. The third-order valence-electron chi connectivity index (χ3n) is 3.64. The SMILES string of the molecule is CCC(=O)N1CC(CC(=O)OC)CC(NCCCO)C1. The molecule has 1 fully saturated rings. The van der Waals surface area contributed by atoms with Gasteiger partial charge in [-0.1, -0.05) is 6.92 Å². The van der Waals surface area contributed by atoms with Crippen LogP contribution in [0.25, 0.3) is 0 Å². The van der Waals surface area contributed by atoms with Crippen LogP contribution in [0.2, 0.25) is 0 Å². The second kappa shape index (κ2) is 8.92. The van der Waals surface area contributed by atoms with Crippen LogP contribution < -0.4 is 5.32 Å². The number of hydrogen-bond acceptors (Lipinski definition) is 5. The molecule has 6 heteroatoms. The van der Waals surface area contributed by atoms with Crippen molar-refractivity contribution in [1.82, 2.24) is 10.2 Å². The third kappa shape index (κ3) is 5.46.